The first-order chi connectivity index (χ1) is 11.9. The Morgan fingerprint density at radius 3 is 2.60 bits per heavy atom. The van der Waals surface area contributed by atoms with Gasteiger partial charge in [0, 0.05) is 19.7 Å². The highest BCUT2D eigenvalue weighted by Crippen LogP contribution is 2.12. The lowest BCUT2D eigenvalue weighted by molar-refractivity contribution is -0.124. The van der Waals surface area contributed by atoms with Crippen molar-refractivity contribution in [1.82, 2.24) is 10.0 Å². The van der Waals surface area contributed by atoms with Crippen LogP contribution >= 0.6 is 0 Å². The monoisotopic (exact) mass is 370 g/mol. The fraction of sp³-hybridized carbons (Fsp3) is 0.500. The molecule has 0 bridgehead atoms. The molecule has 0 radical (unpaired) electrons. The van der Waals surface area contributed by atoms with Crippen molar-refractivity contribution in [3.05, 3.63) is 29.8 Å². The fourth-order valence-electron chi connectivity index (χ4n) is 2.34. The van der Waals surface area contributed by atoms with Gasteiger partial charge >= 0.3 is 5.97 Å². The van der Waals surface area contributed by atoms with Crippen molar-refractivity contribution in [2.75, 3.05) is 26.3 Å². The molecule has 1 fully saturated rings. The minimum Gasteiger partial charge on any atom is -0.452 e. The molecule has 1 saturated heterocycles. The van der Waals surface area contributed by atoms with Gasteiger partial charge in [0.25, 0.3) is 5.91 Å². The predicted molar refractivity (Wildman–Crippen MR) is 89.6 cm³/mol. The van der Waals surface area contributed by atoms with Gasteiger partial charge in [0.05, 0.1) is 16.6 Å². The number of hydrogen-bond acceptors (Lipinski definition) is 6. The summed E-state index contributed by atoms with van der Waals surface area (Å²) in [6, 6.07) is 5.31. The molecule has 1 aromatic rings. The van der Waals surface area contributed by atoms with Gasteiger partial charge in [0.2, 0.25) is 10.0 Å². The number of benzene rings is 1. The Balaban J connectivity index is 1.81. The molecule has 2 rings (SSSR count). The van der Waals surface area contributed by atoms with Crippen LogP contribution in [0, 0.1) is 0 Å². The molecular weight excluding hydrogens is 348 g/mol. The van der Waals surface area contributed by atoms with Crippen LogP contribution in [0.4, 0.5) is 0 Å². The molecule has 0 unspecified atom stereocenters. The van der Waals surface area contributed by atoms with Gasteiger partial charge in [-0.15, -0.1) is 0 Å². The largest absolute Gasteiger partial charge is 0.452 e. The summed E-state index contributed by atoms with van der Waals surface area (Å²) in [7, 11) is -3.57. The van der Waals surface area contributed by atoms with Crippen molar-refractivity contribution in [2.24, 2.45) is 0 Å². The smallest absolute Gasteiger partial charge is 0.338 e. The molecule has 1 atom stereocenters. The van der Waals surface area contributed by atoms with Gasteiger partial charge in [-0.3, -0.25) is 4.79 Å². The number of nitrogens with one attached hydrogen (secondary N) is 2. The zero-order valence-electron chi connectivity index (χ0n) is 14.0. The van der Waals surface area contributed by atoms with Gasteiger partial charge in [-0.2, -0.15) is 0 Å². The van der Waals surface area contributed by atoms with E-state index >= 15 is 0 Å². The number of esters is 1. The molecule has 1 aromatic carbocycles. The number of sulfonamides is 1. The molecule has 8 nitrogen and oxygen atoms in total. The molecule has 0 saturated carbocycles. The van der Waals surface area contributed by atoms with E-state index in [-0.39, 0.29) is 23.1 Å². The van der Waals surface area contributed by atoms with E-state index in [9.17, 15) is 18.0 Å². The normalized spacial score (nSPS) is 17.2. The van der Waals surface area contributed by atoms with Gasteiger partial charge < -0.3 is 14.8 Å². The summed E-state index contributed by atoms with van der Waals surface area (Å²) in [5.41, 5.74) is 0.169. The first kappa shape index (κ1) is 19.4. The van der Waals surface area contributed by atoms with Crippen LogP contribution in [0.1, 0.15) is 30.1 Å². The van der Waals surface area contributed by atoms with Gasteiger partial charge in [-0.25, -0.2) is 17.9 Å². The minimum absolute atomic E-state index is 0.0193. The second-order valence-electron chi connectivity index (χ2n) is 5.54. The fourth-order valence-corrected chi connectivity index (χ4v) is 3.38. The third-order valence-electron chi connectivity index (χ3n) is 3.62. The van der Waals surface area contributed by atoms with E-state index in [0.29, 0.717) is 13.2 Å². The maximum absolute atomic E-state index is 11.9. The molecule has 0 aliphatic carbocycles. The molecule has 138 valence electrons. The molecule has 0 aromatic heterocycles. The van der Waals surface area contributed by atoms with Crippen molar-refractivity contribution in [3.8, 4) is 0 Å². The Bertz CT molecular complexity index is 696. The van der Waals surface area contributed by atoms with Gasteiger partial charge in [0.15, 0.2) is 6.61 Å². The number of carbonyl (C=O) groups excluding carboxylic acids is 2. The number of carbonyl (C=O) groups is 2. The summed E-state index contributed by atoms with van der Waals surface area (Å²) in [5, 5.41) is 2.65. The van der Waals surface area contributed by atoms with E-state index in [1.165, 1.54) is 24.3 Å². The van der Waals surface area contributed by atoms with Crippen LogP contribution in [-0.2, 0) is 24.3 Å². The van der Waals surface area contributed by atoms with Gasteiger partial charge in [0.1, 0.15) is 0 Å². The van der Waals surface area contributed by atoms with Crippen LogP contribution in [0.2, 0.25) is 0 Å². The van der Waals surface area contributed by atoms with E-state index in [2.05, 4.69) is 10.0 Å². The van der Waals surface area contributed by atoms with Crippen molar-refractivity contribution in [2.45, 2.75) is 30.8 Å². The van der Waals surface area contributed by atoms with Crippen molar-refractivity contribution >= 4 is 21.9 Å². The van der Waals surface area contributed by atoms with Gasteiger partial charge in [-0.1, -0.05) is 6.92 Å². The zero-order valence-corrected chi connectivity index (χ0v) is 14.8. The number of hydrogen-bond donors (Lipinski definition) is 2. The minimum atomic E-state index is -3.57. The van der Waals surface area contributed by atoms with E-state index < -0.39 is 28.5 Å². The molecule has 0 spiro atoms. The van der Waals surface area contributed by atoms with Crippen LogP contribution in [0.3, 0.4) is 0 Å². The van der Waals surface area contributed by atoms with E-state index in [1.807, 2.05) is 0 Å². The molecular formula is C16H22N2O6S. The molecule has 25 heavy (non-hydrogen) atoms. The highest BCUT2D eigenvalue weighted by Gasteiger charge is 2.17. The van der Waals surface area contributed by atoms with E-state index in [0.717, 1.165) is 12.8 Å². The summed E-state index contributed by atoms with van der Waals surface area (Å²) < 4.78 is 36.3. The maximum Gasteiger partial charge on any atom is 0.338 e. The van der Waals surface area contributed by atoms with Crippen LogP contribution in [-0.4, -0.2) is 52.7 Å². The lowest BCUT2D eigenvalue weighted by Crippen LogP contribution is -2.34. The standard InChI is InChI=1S/C16H22N2O6S/c1-2-18-25(21,22)14-7-5-12(6-8-14)16(20)24-11-15(19)17-10-13-4-3-9-23-13/h5-8,13,18H,2-4,9-11H2,1H3,(H,17,19)/t13-/m0/s1. The highest BCUT2D eigenvalue weighted by atomic mass is 32.2. The van der Waals surface area contributed by atoms with Crippen molar-refractivity contribution < 1.29 is 27.5 Å². The Hall–Kier alpha value is -1.97. The molecule has 1 aliphatic heterocycles. The Morgan fingerprint density at radius 2 is 2.00 bits per heavy atom. The average Bonchev–Trinajstić information content (AvgIpc) is 3.11. The average molecular weight is 370 g/mol. The first-order valence-electron chi connectivity index (χ1n) is 8.07. The number of ether oxygens (including phenoxy) is 2. The quantitative estimate of drug-likeness (QED) is 0.642. The Kier molecular flexibility index (Phi) is 6.91. The number of amides is 1. The van der Waals surface area contributed by atoms with Crippen LogP contribution in [0.5, 0.6) is 0 Å². The lowest BCUT2D eigenvalue weighted by Gasteiger charge is -2.11. The molecule has 2 N–H and O–H groups in total. The van der Waals surface area contributed by atoms with Crippen LogP contribution in [0.15, 0.2) is 29.2 Å². The van der Waals surface area contributed by atoms with Gasteiger partial charge in [-0.05, 0) is 37.1 Å². The summed E-state index contributed by atoms with van der Waals surface area (Å²) in [6.07, 6.45) is 1.91. The lowest BCUT2D eigenvalue weighted by atomic mass is 10.2. The summed E-state index contributed by atoms with van der Waals surface area (Å²) in [4.78, 5) is 23.6. The third kappa shape index (κ3) is 5.80. The maximum atomic E-state index is 11.9. The highest BCUT2D eigenvalue weighted by molar-refractivity contribution is 7.89. The zero-order chi connectivity index (χ0) is 18.3. The Labute approximate surface area is 146 Å². The van der Waals surface area contributed by atoms with Crippen molar-refractivity contribution in [3.63, 3.8) is 0 Å². The molecule has 9 heteroatoms. The second-order valence-corrected chi connectivity index (χ2v) is 7.31. The predicted octanol–water partition coefficient (Wildman–Crippen LogP) is 0.437. The summed E-state index contributed by atoms with van der Waals surface area (Å²) in [6.45, 7) is 2.64. The first-order valence-corrected chi connectivity index (χ1v) is 9.56. The second kappa shape index (κ2) is 8.93. The molecule has 1 heterocycles. The Morgan fingerprint density at radius 1 is 1.28 bits per heavy atom. The van der Waals surface area contributed by atoms with Crippen LogP contribution < -0.4 is 10.0 Å². The third-order valence-corrected chi connectivity index (χ3v) is 5.18. The van der Waals surface area contributed by atoms with Crippen molar-refractivity contribution in [1.29, 1.82) is 0 Å². The summed E-state index contributed by atoms with van der Waals surface area (Å²) in [5.74, 6) is -1.10. The van der Waals surface area contributed by atoms with Crippen LogP contribution in [0.25, 0.3) is 0 Å². The molecule has 1 amide bonds. The topological polar surface area (TPSA) is 111 Å². The van der Waals surface area contributed by atoms with E-state index in [4.69, 9.17) is 9.47 Å². The molecule has 1 aliphatic rings. The SMILES string of the molecule is CCNS(=O)(=O)c1ccc(C(=O)OCC(=O)NC[C@@H]2CCCO2)cc1. The van der Waals surface area contributed by atoms with E-state index in [1.54, 1.807) is 6.92 Å². The number of rotatable bonds is 8. The summed E-state index contributed by atoms with van der Waals surface area (Å²) >= 11 is 0.